The molecule has 0 radical (unpaired) electrons. The Kier molecular flexibility index (Phi) is 16.1. The number of hydrogen-bond acceptors (Lipinski definition) is 15. The van der Waals surface area contributed by atoms with Crippen molar-refractivity contribution in [2.24, 2.45) is 23.7 Å². The standard InChI is InChI=1S/C49H76O15/c1-12-25(2)43-29(6)36(50)23-48(64-43)22-34-19-33(63-48)17-16-27(4)42(61-40-21-38(55-10)45(31(8)59-40)62-39-20-37(54-9)41(51)30(7)58-39)26(3)14-13-15-32-24-57-46-44(56-11)28(5)18-35(47(52)60-34)49(32,46)53/h13-16,18,25-26,29-31,33-46,50-51,53H,12,17,19-24H2,1-11H3/b14-13-,27-16-,32-15?. The van der Waals surface area contributed by atoms with Gasteiger partial charge in [-0.05, 0) is 56.8 Å². The summed E-state index contributed by atoms with van der Waals surface area (Å²) in [5, 5.41) is 34.8. The van der Waals surface area contributed by atoms with E-state index in [1.54, 1.807) is 34.3 Å². The third kappa shape index (κ3) is 10.0. The van der Waals surface area contributed by atoms with Crippen molar-refractivity contribution in [1.29, 1.82) is 0 Å². The molecule has 15 nitrogen and oxygen atoms in total. The minimum atomic E-state index is -1.74. The molecule has 5 saturated heterocycles. The van der Waals surface area contributed by atoms with Crippen LogP contribution in [-0.2, 0) is 56.9 Å². The molecule has 7 rings (SSSR count). The van der Waals surface area contributed by atoms with Crippen LogP contribution >= 0.6 is 0 Å². The predicted molar refractivity (Wildman–Crippen MR) is 234 cm³/mol. The molecule has 0 aromatic heterocycles. The Balaban J connectivity index is 1.20. The maximum Gasteiger partial charge on any atom is 0.316 e. The highest BCUT2D eigenvalue weighted by Crippen LogP contribution is 2.48. The largest absolute Gasteiger partial charge is 0.462 e. The van der Waals surface area contributed by atoms with Crippen LogP contribution in [0.5, 0.6) is 0 Å². The lowest BCUT2D eigenvalue weighted by Gasteiger charge is -2.52. The van der Waals surface area contributed by atoms with Crippen molar-refractivity contribution in [2.45, 2.75) is 204 Å². The Morgan fingerprint density at radius 1 is 0.859 bits per heavy atom. The Morgan fingerprint density at radius 3 is 2.27 bits per heavy atom. The van der Waals surface area contributed by atoms with Crippen LogP contribution in [0, 0.1) is 23.7 Å². The second-order valence-corrected chi connectivity index (χ2v) is 19.7. The first-order valence-electron chi connectivity index (χ1n) is 23.6. The van der Waals surface area contributed by atoms with Crippen molar-refractivity contribution in [3.05, 3.63) is 47.1 Å². The maximum atomic E-state index is 14.5. The van der Waals surface area contributed by atoms with E-state index in [-0.39, 0.29) is 49.4 Å². The Hall–Kier alpha value is -2.09. The Labute approximate surface area is 379 Å². The van der Waals surface area contributed by atoms with Crippen LogP contribution in [0.2, 0.25) is 0 Å². The first-order valence-corrected chi connectivity index (χ1v) is 23.6. The van der Waals surface area contributed by atoms with E-state index in [1.165, 1.54) is 0 Å². The lowest BCUT2D eigenvalue weighted by atomic mass is 9.70. The number of hydrogen-bond donors (Lipinski definition) is 3. The molecule has 64 heavy (non-hydrogen) atoms. The number of aliphatic hydroxyl groups is 3. The van der Waals surface area contributed by atoms with Gasteiger partial charge in [0.05, 0.1) is 55.4 Å². The van der Waals surface area contributed by atoms with Gasteiger partial charge in [0.2, 0.25) is 0 Å². The Morgan fingerprint density at radius 2 is 1.56 bits per heavy atom. The van der Waals surface area contributed by atoms with Gasteiger partial charge >= 0.3 is 5.97 Å². The minimum absolute atomic E-state index is 0.0971. The molecule has 0 amide bonds. The molecule has 5 fully saturated rings. The van der Waals surface area contributed by atoms with Crippen molar-refractivity contribution in [3.8, 4) is 0 Å². The highest BCUT2D eigenvalue weighted by molar-refractivity contribution is 5.78. The maximum absolute atomic E-state index is 14.5. The van der Waals surface area contributed by atoms with Gasteiger partial charge in [0, 0.05) is 65.3 Å². The van der Waals surface area contributed by atoms with Gasteiger partial charge in [0.25, 0.3) is 0 Å². The molecule has 0 aromatic carbocycles. The molecule has 1 aliphatic carbocycles. The predicted octanol–water partition coefficient (Wildman–Crippen LogP) is 5.23. The van der Waals surface area contributed by atoms with Gasteiger partial charge < -0.3 is 67.4 Å². The van der Waals surface area contributed by atoms with E-state index in [9.17, 15) is 20.1 Å². The zero-order chi connectivity index (χ0) is 46.2. The summed E-state index contributed by atoms with van der Waals surface area (Å²) in [5.41, 5.74) is 0.516. The van der Waals surface area contributed by atoms with Gasteiger partial charge in [-0.25, -0.2) is 0 Å². The van der Waals surface area contributed by atoms with Gasteiger partial charge in [-0.1, -0.05) is 64.5 Å². The topological polar surface area (TPSA) is 179 Å². The zero-order valence-corrected chi connectivity index (χ0v) is 39.8. The van der Waals surface area contributed by atoms with Crippen molar-refractivity contribution in [3.63, 3.8) is 0 Å². The van der Waals surface area contributed by atoms with E-state index in [0.29, 0.717) is 31.3 Å². The monoisotopic (exact) mass is 905 g/mol. The molecule has 0 saturated carbocycles. The number of aliphatic hydroxyl groups excluding tert-OH is 2. The summed E-state index contributed by atoms with van der Waals surface area (Å²) in [6, 6.07) is 0. The molecule has 15 heteroatoms. The summed E-state index contributed by atoms with van der Waals surface area (Å²) in [5.74, 6) is -2.98. The Bertz CT molecular complexity index is 1730. The zero-order valence-electron chi connectivity index (χ0n) is 39.8. The fraction of sp³-hybridized carbons (Fsp3) is 0.816. The highest BCUT2D eigenvalue weighted by atomic mass is 16.7. The second-order valence-electron chi connectivity index (χ2n) is 19.7. The van der Waals surface area contributed by atoms with Crippen LogP contribution in [0.4, 0.5) is 0 Å². The highest BCUT2D eigenvalue weighted by Gasteiger charge is 2.61. The number of allylic oxidation sites excluding steroid dienone is 2. The van der Waals surface area contributed by atoms with Gasteiger partial charge in [-0.15, -0.1) is 0 Å². The van der Waals surface area contributed by atoms with Crippen molar-refractivity contribution in [2.75, 3.05) is 27.9 Å². The van der Waals surface area contributed by atoms with E-state index in [0.717, 1.165) is 17.6 Å². The number of methoxy groups -OCH3 is 3. The molecule has 21 atom stereocenters. The molecule has 3 N–H and O–H groups in total. The third-order valence-corrected chi connectivity index (χ3v) is 15.3. The van der Waals surface area contributed by atoms with E-state index >= 15 is 0 Å². The summed E-state index contributed by atoms with van der Waals surface area (Å²) >= 11 is 0. The normalized spacial score (nSPS) is 48.6. The molecule has 2 bridgehead atoms. The fourth-order valence-corrected chi connectivity index (χ4v) is 11.3. The number of ether oxygens (including phenoxy) is 11. The molecule has 362 valence electrons. The number of esters is 1. The van der Waals surface area contributed by atoms with E-state index in [2.05, 4.69) is 26.8 Å². The number of fused-ring (bicyclic) bond motifs is 2. The fourth-order valence-electron chi connectivity index (χ4n) is 11.3. The van der Waals surface area contributed by atoms with Crippen LogP contribution in [-0.4, -0.2) is 153 Å². The molecule has 6 heterocycles. The molecule has 0 aromatic rings. The van der Waals surface area contributed by atoms with Crippen LogP contribution in [0.15, 0.2) is 47.1 Å². The van der Waals surface area contributed by atoms with E-state index in [4.69, 9.17) is 52.1 Å². The van der Waals surface area contributed by atoms with E-state index in [1.807, 2.05) is 45.9 Å². The second kappa shape index (κ2) is 20.6. The number of carbonyl (C=O) groups excluding carboxylic acids is 1. The molecule has 21 unspecified atom stereocenters. The lowest BCUT2D eigenvalue weighted by Crippen LogP contribution is -2.60. The van der Waals surface area contributed by atoms with Crippen molar-refractivity contribution < 1.29 is 72.2 Å². The lowest BCUT2D eigenvalue weighted by molar-refractivity contribution is -0.354. The third-order valence-electron chi connectivity index (χ3n) is 15.3. The summed E-state index contributed by atoms with van der Waals surface area (Å²) in [6.45, 7) is 16.1. The number of carbonyl (C=O) groups is 1. The van der Waals surface area contributed by atoms with Gasteiger partial charge in [-0.2, -0.15) is 0 Å². The van der Waals surface area contributed by atoms with Crippen molar-refractivity contribution >= 4 is 5.97 Å². The SMILES string of the molecule is CCC(C)C1OC2(CC3CC(C/C=C(/C)C(OC4CC(OC)C(OC5CC(OC)C(O)C(C)O5)C(C)O4)C(C)/C=C\C=C4COC5C(OC)C(C)=CC(C(=O)O3)C45O)O2)CC(O)C1C. The van der Waals surface area contributed by atoms with Gasteiger partial charge in [0.1, 0.15) is 42.0 Å². The van der Waals surface area contributed by atoms with Crippen LogP contribution < -0.4 is 0 Å². The average molecular weight is 905 g/mol. The summed E-state index contributed by atoms with van der Waals surface area (Å²) in [7, 11) is 4.79. The van der Waals surface area contributed by atoms with Crippen LogP contribution in [0.3, 0.4) is 0 Å². The summed E-state index contributed by atoms with van der Waals surface area (Å²) in [6.07, 6.45) is 4.40. The average Bonchev–Trinajstić information content (AvgIpc) is 3.59. The van der Waals surface area contributed by atoms with Gasteiger partial charge in [0.15, 0.2) is 18.4 Å². The van der Waals surface area contributed by atoms with E-state index < -0.39 is 103 Å². The van der Waals surface area contributed by atoms with Crippen molar-refractivity contribution in [1.82, 2.24) is 0 Å². The molecule has 7 aliphatic rings. The summed E-state index contributed by atoms with van der Waals surface area (Å²) < 4.78 is 69.9. The molecule has 6 aliphatic heterocycles. The first kappa shape index (κ1) is 49.8. The number of rotatable bonds is 9. The van der Waals surface area contributed by atoms with Crippen LogP contribution in [0.25, 0.3) is 0 Å². The quantitative estimate of drug-likeness (QED) is 0.202. The summed E-state index contributed by atoms with van der Waals surface area (Å²) in [4.78, 5) is 14.5. The molecular weight excluding hydrogens is 829 g/mol. The minimum Gasteiger partial charge on any atom is -0.462 e. The smallest absolute Gasteiger partial charge is 0.316 e. The van der Waals surface area contributed by atoms with Crippen LogP contribution in [0.1, 0.15) is 100 Å². The van der Waals surface area contributed by atoms with Gasteiger partial charge in [-0.3, -0.25) is 4.79 Å². The molecule has 1 spiro atoms. The molecular formula is C49H76O15. The first-order chi connectivity index (χ1) is 30.4.